The number of aromatic nitrogens is 1. The Morgan fingerprint density at radius 2 is 1.47 bits per heavy atom. The number of hydrogen-bond acceptors (Lipinski definition) is 1. The third-order valence-electron chi connectivity index (χ3n) is 3.63. The summed E-state index contributed by atoms with van der Waals surface area (Å²) in [4.78, 5) is 4.73. The average Bonchev–Trinajstić information content (AvgIpc) is 2.32. The lowest BCUT2D eigenvalue weighted by Gasteiger charge is -2.14. The summed E-state index contributed by atoms with van der Waals surface area (Å²) in [6.45, 7) is 6.43. The zero-order valence-electron chi connectivity index (χ0n) is 11.3. The highest BCUT2D eigenvalue weighted by Gasteiger charge is 2.09. The van der Waals surface area contributed by atoms with Crippen molar-refractivity contribution in [2.75, 3.05) is 0 Å². The second-order valence-electron chi connectivity index (χ2n) is 4.79. The van der Waals surface area contributed by atoms with E-state index in [-0.39, 0.29) is 0 Å². The fourth-order valence-corrected chi connectivity index (χ4v) is 2.06. The van der Waals surface area contributed by atoms with Crippen molar-refractivity contribution >= 4 is 26.7 Å². The van der Waals surface area contributed by atoms with Crippen LogP contribution < -0.4 is 11.1 Å². The van der Waals surface area contributed by atoms with E-state index >= 15 is 0 Å². The molecule has 0 fully saturated rings. The summed E-state index contributed by atoms with van der Waals surface area (Å²) in [5, 5.41) is 0. The number of benzene rings is 1. The first-order chi connectivity index (χ1) is 8.00. The van der Waals surface area contributed by atoms with Gasteiger partial charge in [0.05, 0.1) is 5.69 Å². The van der Waals surface area contributed by atoms with Crippen molar-refractivity contribution in [2.24, 2.45) is 0 Å². The second-order valence-corrected chi connectivity index (χ2v) is 4.79. The van der Waals surface area contributed by atoms with Crippen molar-refractivity contribution in [2.45, 2.75) is 20.8 Å². The molecule has 0 aliphatic heterocycles. The molecule has 0 aliphatic carbocycles. The molecule has 0 radical (unpaired) electrons. The Morgan fingerprint density at radius 3 is 2.06 bits per heavy atom. The van der Waals surface area contributed by atoms with E-state index in [1.165, 1.54) is 27.7 Å². The van der Waals surface area contributed by atoms with Gasteiger partial charge in [-0.2, -0.15) is 0 Å². The molecule has 0 bridgehead atoms. The molecule has 1 nitrogen and oxygen atoms in total. The molecule has 0 spiro atoms. The van der Waals surface area contributed by atoms with Crippen LogP contribution in [-0.2, 0) is 0 Å². The van der Waals surface area contributed by atoms with Gasteiger partial charge in [-0.25, -0.2) is 0 Å². The van der Waals surface area contributed by atoms with E-state index in [1.807, 2.05) is 0 Å². The molecule has 0 aliphatic rings. The third-order valence-corrected chi connectivity index (χ3v) is 3.63. The van der Waals surface area contributed by atoms with Gasteiger partial charge in [-0.3, -0.25) is 4.98 Å². The Kier molecular flexibility index (Phi) is 3.10. The predicted octanol–water partition coefficient (Wildman–Crippen LogP) is 0.191. The monoisotopic (exact) mass is 221 g/mol. The third kappa shape index (κ3) is 2.14. The molecule has 0 saturated heterocycles. The van der Waals surface area contributed by atoms with E-state index in [0.717, 1.165) is 11.3 Å². The van der Waals surface area contributed by atoms with Crippen LogP contribution in [0.1, 0.15) is 16.7 Å². The van der Waals surface area contributed by atoms with Crippen molar-refractivity contribution in [1.29, 1.82) is 0 Å². The van der Waals surface area contributed by atoms with Crippen molar-refractivity contribution in [3.63, 3.8) is 0 Å². The Hall–Kier alpha value is -1.50. The van der Waals surface area contributed by atoms with E-state index in [1.54, 1.807) is 0 Å². The Labute approximate surface area is 105 Å². The van der Waals surface area contributed by atoms with E-state index in [0.29, 0.717) is 0 Å². The lowest BCUT2D eigenvalue weighted by molar-refractivity contribution is 1.29. The van der Waals surface area contributed by atoms with Gasteiger partial charge in [-0.15, -0.1) is 0 Å². The van der Waals surface area contributed by atoms with Crippen LogP contribution in [0.2, 0.25) is 0 Å². The predicted molar refractivity (Wildman–Crippen MR) is 80.2 cm³/mol. The molecule has 0 unspecified atom stereocenters. The number of pyridine rings is 1. The zero-order chi connectivity index (χ0) is 12.6. The molecule has 1 aromatic carbocycles. The summed E-state index contributed by atoms with van der Waals surface area (Å²) in [6.07, 6.45) is 0. The van der Waals surface area contributed by atoms with Gasteiger partial charge in [0.2, 0.25) is 0 Å². The van der Waals surface area contributed by atoms with Gasteiger partial charge in [0.25, 0.3) is 0 Å². The maximum absolute atomic E-state index is 4.73. The van der Waals surface area contributed by atoms with Gasteiger partial charge in [0.15, 0.2) is 7.85 Å². The van der Waals surface area contributed by atoms with Gasteiger partial charge < -0.3 is 0 Å². The van der Waals surface area contributed by atoms with Gasteiger partial charge in [0.1, 0.15) is 7.85 Å². The van der Waals surface area contributed by atoms with E-state index in [9.17, 15) is 0 Å². The molecule has 2 rings (SSSR count). The van der Waals surface area contributed by atoms with Gasteiger partial charge in [-0.05, 0) is 37.5 Å². The van der Waals surface area contributed by atoms with E-state index in [4.69, 9.17) is 4.98 Å². The minimum absolute atomic E-state index is 1.12. The topological polar surface area (TPSA) is 12.9 Å². The van der Waals surface area contributed by atoms with Crippen LogP contribution in [0.3, 0.4) is 0 Å². The standard InChI is InChI=1S/C14H17B2N/c1-8-4-6-11(7-5-8)13-12(15)9(2)10(3)14(16)17-13/h4-7H,15-16H2,1-3H3. The number of rotatable bonds is 1. The molecule has 0 amide bonds. The Bertz CT molecular complexity index is 559. The molecule has 17 heavy (non-hydrogen) atoms. The normalized spacial score (nSPS) is 10.5. The summed E-state index contributed by atoms with van der Waals surface area (Å²) in [7, 11) is 4.24. The summed E-state index contributed by atoms with van der Waals surface area (Å²) in [5.41, 5.74) is 8.68. The van der Waals surface area contributed by atoms with Crippen LogP contribution in [0.5, 0.6) is 0 Å². The molecule has 84 valence electrons. The molecule has 1 heterocycles. The van der Waals surface area contributed by atoms with Crippen LogP contribution in [0.15, 0.2) is 24.3 Å². The van der Waals surface area contributed by atoms with Crippen LogP contribution in [-0.4, -0.2) is 20.7 Å². The molecule has 0 saturated carbocycles. The molecule has 0 N–H and O–H groups in total. The smallest absolute Gasteiger partial charge is 0.164 e. The molecular weight excluding hydrogens is 204 g/mol. The molecule has 0 atom stereocenters. The minimum atomic E-state index is 1.12. The maximum atomic E-state index is 4.73. The highest BCUT2D eigenvalue weighted by atomic mass is 14.7. The minimum Gasteiger partial charge on any atom is -0.264 e. The molecule has 3 heteroatoms. The number of aryl methyl sites for hydroxylation is 1. The van der Waals surface area contributed by atoms with E-state index < -0.39 is 0 Å². The molecule has 1 aromatic heterocycles. The largest absolute Gasteiger partial charge is 0.264 e. The number of nitrogens with zero attached hydrogens (tertiary/aromatic N) is 1. The van der Waals surface area contributed by atoms with Crippen LogP contribution in [0.4, 0.5) is 0 Å². The second kappa shape index (κ2) is 4.40. The van der Waals surface area contributed by atoms with Gasteiger partial charge in [0, 0.05) is 0 Å². The fourth-order valence-electron chi connectivity index (χ4n) is 2.06. The van der Waals surface area contributed by atoms with Crippen molar-refractivity contribution < 1.29 is 0 Å². The van der Waals surface area contributed by atoms with Crippen molar-refractivity contribution in [1.82, 2.24) is 4.98 Å². The quantitative estimate of drug-likeness (QED) is 0.626. The number of hydrogen-bond donors (Lipinski definition) is 0. The SMILES string of the molecule is Bc1nc(-c2ccc(C)cc2)c(B)c(C)c1C. The van der Waals surface area contributed by atoms with Gasteiger partial charge >= 0.3 is 0 Å². The molecule has 2 aromatic rings. The highest BCUT2D eigenvalue weighted by molar-refractivity contribution is 6.38. The first kappa shape index (κ1) is 12.0. The summed E-state index contributed by atoms with van der Waals surface area (Å²) < 4.78 is 0. The zero-order valence-corrected chi connectivity index (χ0v) is 11.3. The Morgan fingerprint density at radius 1 is 0.882 bits per heavy atom. The van der Waals surface area contributed by atoms with Crippen LogP contribution in [0, 0.1) is 20.8 Å². The highest BCUT2D eigenvalue weighted by Crippen LogP contribution is 2.16. The van der Waals surface area contributed by atoms with Gasteiger partial charge in [-0.1, -0.05) is 40.9 Å². The van der Waals surface area contributed by atoms with Crippen molar-refractivity contribution in [3.8, 4) is 11.3 Å². The lowest BCUT2D eigenvalue weighted by Crippen LogP contribution is -2.25. The summed E-state index contributed by atoms with van der Waals surface area (Å²) >= 11 is 0. The maximum Gasteiger partial charge on any atom is 0.164 e. The average molecular weight is 221 g/mol. The summed E-state index contributed by atoms with van der Waals surface area (Å²) in [5.74, 6) is 0. The fraction of sp³-hybridized carbons (Fsp3) is 0.214. The van der Waals surface area contributed by atoms with E-state index in [2.05, 4.69) is 60.7 Å². The van der Waals surface area contributed by atoms with Crippen molar-refractivity contribution in [3.05, 3.63) is 41.0 Å². The first-order valence-electron chi connectivity index (χ1n) is 6.02. The lowest BCUT2D eigenvalue weighted by atomic mass is 9.82. The Balaban J connectivity index is 2.64. The van der Waals surface area contributed by atoms with Crippen LogP contribution in [0.25, 0.3) is 11.3 Å². The van der Waals surface area contributed by atoms with Crippen LogP contribution >= 0.6 is 0 Å². The first-order valence-corrected chi connectivity index (χ1v) is 6.02. The summed E-state index contributed by atoms with van der Waals surface area (Å²) in [6, 6.07) is 8.58. The molecular formula is C14H17B2N.